The smallest absolute Gasteiger partial charge is 0.320 e. The SMILES string of the molecule is O=C(Nc1ccccc1C(=O)C(F)(F)F)c1cnccn1. The number of halogens is 3. The zero-order chi connectivity index (χ0) is 15.5. The topological polar surface area (TPSA) is 72.0 Å². The first-order chi connectivity index (χ1) is 9.89. The third-order valence-corrected chi connectivity index (χ3v) is 2.47. The van der Waals surface area contributed by atoms with Crippen molar-refractivity contribution in [3.8, 4) is 0 Å². The lowest BCUT2D eigenvalue weighted by Crippen LogP contribution is -2.25. The van der Waals surface area contributed by atoms with Crippen molar-refractivity contribution in [3.63, 3.8) is 0 Å². The lowest BCUT2D eigenvalue weighted by Gasteiger charge is -2.11. The van der Waals surface area contributed by atoms with Crippen LogP contribution in [0.15, 0.2) is 42.9 Å². The Labute approximate surface area is 116 Å². The molecular formula is C13H8F3N3O2. The number of rotatable bonds is 3. The molecule has 8 heteroatoms. The standard InChI is InChI=1S/C13H8F3N3O2/c14-13(15,16)11(20)8-3-1-2-4-9(8)19-12(21)10-7-17-5-6-18-10/h1-7H,(H,19,21). The number of hydrogen-bond acceptors (Lipinski definition) is 4. The average Bonchev–Trinajstić information content (AvgIpc) is 2.47. The number of benzene rings is 1. The first-order valence-corrected chi connectivity index (χ1v) is 5.67. The highest BCUT2D eigenvalue weighted by atomic mass is 19.4. The summed E-state index contributed by atoms with van der Waals surface area (Å²) in [6.45, 7) is 0. The lowest BCUT2D eigenvalue weighted by atomic mass is 10.1. The quantitative estimate of drug-likeness (QED) is 0.883. The van der Waals surface area contributed by atoms with Crippen LogP contribution in [-0.2, 0) is 0 Å². The predicted octanol–water partition coefficient (Wildman–Crippen LogP) is 2.47. The maximum absolute atomic E-state index is 12.5. The molecule has 0 spiro atoms. The number of carbonyl (C=O) groups excluding carboxylic acids is 2. The monoisotopic (exact) mass is 295 g/mol. The molecule has 5 nitrogen and oxygen atoms in total. The Balaban J connectivity index is 2.30. The first kappa shape index (κ1) is 14.6. The van der Waals surface area contributed by atoms with Crippen molar-refractivity contribution in [1.29, 1.82) is 0 Å². The van der Waals surface area contributed by atoms with E-state index in [0.717, 1.165) is 12.3 Å². The first-order valence-electron chi connectivity index (χ1n) is 5.67. The Hall–Kier alpha value is -2.77. The van der Waals surface area contributed by atoms with E-state index in [1.54, 1.807) is 0 Å². The molecule has 1 N–H and O–H groups in total. The van der Waals surface area contributed by atoms with Crippen molar-refractivity contribution in [2.45, 2.75) is 6.18 Å². The highest BCUT2D eigenvalue weighted by Gasteiger charge is 2.40. The van der Waals surface area contributed by atoms with E-state index < -0.39 is 23.4 Å². The Kier molecular flexibility index (Phi) is 3.97. The number of anilines is 1. The van der Waals surface area contributed by atoms with Gasteiger partial charge in [-0.15, -0.1) is 0 Å². The lowest BCUT2D eigenvalue weighted by molar-refractivity contribution is -0.0884. The number of carbonyl (C=O) groups is 2. The number of para-hydroxylation sites is 1. The van der Waals surface area contributed by atoms with E-state index in [0.29, 0.717) is 0 Å². The van der Waals surface area contributed by atoms with Crippen LogP contribution in [0.2, 0.25) is 0 Å². The molecule has 0 saturated heterocycles. The molecule has 0 fully saturated rings. The highest BCUT2D eigenvalue weighted by Crippen LogP contribution is 2.26. The molecule has 2 aromatic rings. The van der Waals surface area contributed by atoms with Gasteiger partial charge in [0.2, 0.25) is 0 Å². The van der Waals surface area contributed by atoms with E-state index in [2.05, 4.69) is 15.3 Å². The Morgan fingerprint density at radius 3 is 2.43 bits per heavy atom. The Morgan fingerprint density at radius 2 is 1.81 bits per heavy atom. The third kappa shape index (κ3) is 3.41. The molecule has 0 atom stereocenters. The van der Waals surface area contributed by atoms with Gasteiger partial charge in [-0.25, -0.2) is 4.98 Å². The van der Waals surface area contributed by atoms with Gasteiger partial charge in [-0.2, -0.15) is 13.2 Å². The summed E-state index contributed by atoms with van der Waals surface area (Å²) in [7, 11) is 0. The summed E-state index contributed by atoms with van der Waals surface area (Å²) >= 11 is 0. The van der Waals surface area contributed by atoms with E-state index in [1.807, 2.05) is 0 Å². The normalized spacial score (nSPS) is 11.0. The summed E-state index contributed by atoms with van der Waals surface area (Å²) in [6, 6.07) is 4.87. The minimum Gasteiger partial charge on any atom is -0.320 e. The molecule has 1 aromatic carbocycles. The van der Waals surface area contributed by atoms with Crippen LogP contribution >= 0.6 is 0 Å². The number of alkyl halides is 3. The fourth-order valence-corrected chi connectivity index (χ4v) is 1.55. The van der Waals surface area contributed by atoms with E-state index in [4.69, 9.17) is 0 Å². The predicted molar refractivity (Wildman–Crippen MR) is 66.8 cm³/mol. The van der Waals surface area contributed by atoms with Crippen LogP contribution in [0.4, 0.5) is 18.9 Å². The van der Waals surface area contributed by atoms with Crippen molar-refractivity contribution < 1.29 is 22.8 Å². The van der Waals surface area contributed by atoms with Crippen LogP contribution in [-0.4, -0.2) is 27.8 Å². The van der Waals surface area contributed by atoms with Gasteiger partial charge < -0.3 is 5.32 Å². The number of nitrogens with zero attached hydrogens (tertiary/aromatic N) is 2. The molecule has 0 radical (unpaired) electrons. The van der Waals surface area contributed by atoms with Crippen molar-refractivity contribution in [2.24, 2.45) is 0 Å². The summed E-state index contributed by atoms with van der Waals surface area (Å²) in [4.78, 5) is 30.5. The maximum atomic E-state index is 12.5. The number of aromatic nitrogens is 2. The van der Waals surface area contributed by atoms with Crippen LogP contribution in [0.3, 0.4) is 0 Å². The average molecular weight is 295 g/mol. The van der Waals surface area contributed by atoms with Crippen molar-refractivity contribution in [2.75, 3.05) is 5.32 Å². The molecule has 1 heterocycles. The van der Waals surface area contributed by atoms with Gasteiger partial charge in [0.15, 0.2) is 0 Å². The maximum Gasteiger partial charge on any atom is 0.454 e. The van der Waals surface area contributed by atoms with Gasteiger partial charge in [0, 0.05) is 12.4 Å². The number of hydrogen-bond donors (Lipinski definition) is 1. The molecule has 0 aliphatic carbocycles. The second-order valence-electron chi connectivity index (χ2n) is 3.92. The minimum atomic E-state index is -5.02. The van der Waals surface area contributed by atoms with Crippen molar-refractivity contribution in [1.82, 2.24) is 9.97 Å². The van der Waals surface area contributed by atoms with Gasteiger partial charge in [-0.3, -0.25) is 14.6 Å². The molecule has 108 valence electrons. The Morgan fingerprint density at radius 1 is 1.10 bits per heavy atom. The molecule has 2 rings (SSSR count). The second-order valence-corrected chi connectivity index (χ2v) is 3.92. The molecule has 0 unspecified atom stereocenters. The summed E-state index contributed by atoms with van der Waals surface area (Å²) in [5.41, 5.74) is -0.954. The summed E-state index contributed by atoms with van der Waals surface area (Å²) in [6.07, 6.45) is -1.25. The number of ketones is 1. The molecule has 1 aromatic heterocycles. The summed E-state index contributed by atoms with van der Waals surface area (Å²) < 4.78 is 37.5. The van der Waals surface area contributed by atoms with E-state index in [-0.39, 0.29) is 11.4 Å². The van der Waals surface area contributed by atoms with Crippen LogP contribution < -0.4 is 5.32 Å². The number of Topliss-reactive ketones (excluding diaryl/α,β-unsaturated/α-hetero) is 1. The zero-order valence-corrected chi connectivity index (χ0v) is 10.4. The van der Waals surface area contributed by atoms with Crippen molar-refractivity contribution in [3.05, 3.63) is 54.1 Å². The van der Waals surface area contributed by atoms with E-state index in [9.17, 15) is 22.8 Å². The fraction of sp³-hybridized carbons (Fsp3) is 0.0769. The molecule has 0 saturated carbocycles. The van der Waals surface area contributed by atoms with E-state index >= 15 is 0 Å². The highest BCUT2D eigenvalue weighted by molar-refractivity contribution is 6.10. The van der Waals surface area contributed by atoms with Gasteiger partial charge in [0.25, 0.3) is 11.7 Å². The van der Waals surface area contributed by atoms with Gasteiger partial charge >= 0.3 is 6.18 Å². The summed E-state index contributed by atoms with van der Waals surface area (Å²) in [5.74, 6) is -2.79. The molecule has 0 aliphatic heterocycles. The van der Waals surface area contributed by atoms with Crippen LogP contribution in [0.1, 0.15) is 20.8 Å². The van der Waals surface area contributed by atoms with Crippen molar-refractivity contribution >= 4 is 17.4 Å². The number of amides is 1. The largest absolute Gasteiger partial charge is 0.454 e. The van der Waals surface area contributed by atoms with E-state index in [1.165, 1.54) is 30.6 Å². The van der Waals surface area contributed by atoms with Crippen LogP contribution in [0, 0.1) is 0 Å². The van der Waals surface area contributed by atoms with Gasteiger partial charge in [-0.05, 0) is 12.1 Å². The third-order valence-electron chi connectivity index (χ3n) is 2.47. The molecule has 0 bridgehead atoms. The van der Waals surface area contributed by atoms with Crippen LogP contribution in [0.25, 0.3) is 0 Å². The second kappa shape index (κ2) is 5.70. The van der Waals surface area contributed by atoms with Gasteiger partial charge in [-0.1, -0.05) is 12.1 Å². The molecular weight excluding hydrogens is 287 g/mol. The zero-order valence-electron chi connectivity index (χ0n) is 10.4. The van der Waals surface area contributed by atoms with Gasteiger partial charge in [0.05, 0.1) is 17.4 Å². The minimum absolute atomic E-state index is 0.0771. The molecule has 1 amide bonds. The summed E-state index contributed by atoms with van der Waals surface area (Å²) in [5, 5.41) is 2.22. The Bertz CT molecular complexity index is 672. The number of nitrogens with one attached hydrogen (secondary N) is 1. The van der Waals surface area contributed by atoms with Gasteiger partial charge in [0.1, 0.15) is 5.69 Å². The molecule has 0 aliphatic rings. The van der Waals surface area contributed by atoms with Crippen LogP contribution in [0.5, 0.6) is 0 Å². The fourth-order valence-electron chi connectivity index (χ4n) is 1.55. The molecule has 21 heavy (non-hydrogen) atoms.